The van der Waals surface area contributed by atoms with Gasteiger partial charge in [-0.25, -0.2) is 8.42 Å². The molecule has 8 rings (SSSR count). The minimum atomic E-state index is -2.86. The molecule has 8 aliphatic rings. The van der Waals surface area contributed by atoms with E-state index < -0.39 is 9.84 Å². The van der Waals surface area contributed by atoms with E-state index in [9.17, 15) is 27.6 Å². The highest BCUT2D eigenvalue weighted by molar-refractivity contribution is 8.00. The number of hydrogen-bond donors (Lipinski definition) is 4. The van der Waals surface area contributed by atoms with E-state index in [-0.39, 0.29) is 47.5 Å². The molecule has 0 radical (unpaired) electrons. The highest BCUT2D eigenvalue weighted by Crippen LogP contribution is 2.30. The quantitative estimate of drug-likeness (QED) is 0.172. The van der Waals surface area contributed by atoms with Crippen molar-refractivity contribution in [1.29, 1.82) is 0 Å². The molecule has 4 N–H and O–H groups in total. The molecule has 0 saturated carbocycles. The number of thioether (sulfide) groups is 3. The van der Waals surface area contributed by atoms with Gasteiger partial charge >= 0.3 is 0 Å². The van der Waals surface area contributed by atoms with Gasteiger partial charge in [-0.15, -0.1) is 0 Å². The van der Waals surface area contributed by atoms with Crippen LogP contribution in [-0.4, -0.2) is 202 Å². The fraction of sp³-hybridized carbons (Fsp3) is 0.927. The number of rotatable bonds is 12. The molecule has 4 amide bonds. The van der Waals surface area contributed by atoms with Gasteiger partial charge in [-0.1, -0.05) is 34.1 Å². The number of likely N-dealkylation sites (N-methyl/N-ethyl adjacent to an activating group) is 4. The first-order valence-corrected chi connectivity index (χ1v) is 34.1. The number of sulfone groups is 1. The molecule has 8 saturated heterocycles. The minimum Gasteiger partial charge on any atom is -0.341 e. The van der Waals surface area contributed by atoms with Crippen LogP contribution in [0.5, 0.6) is 0 Å². The Morgan fingerprint density at radius 3 is 1.23 bits per heavy atom. The summed E-state index contributed by atoms with van der Waals surface area (Å²) in [7, 11) is 4.71. The van der Waals surface area contributed by atoms with Gasteiger partial charge in [-0.2, -0.15) is 35.3 Å². The van der Waals surface area contributed by atoms with Gasteiger partial charge in [0.15, 0.2) is 9.84 Å². The number of carbonyl (C=O) groups excluding carboxylic acids is 4. The molecule has 0 aromatic rings. The van der Waals surface area contributed by atoms with Crippen molar-refractivity contribution in [2.45, 2.75) is 160 Å². The Morgan fingerprint density at radius 1 is 0.438 bits per heavy atom. The summed E-state index contributed by atoms with van der Waals surface area (Å²) in [5.41, 5.74) is 0. The molecule has 11 atom stereocenters. The molecule has 14 nitrogen and oxygen atoms in total. The van der Waals surface area contributed by atoms with Crippen LogP contribution in [0, 0.1) is 41.4 Å². The zero-order chi connectivity index (χ0) is 52.9. The highest BCUT2D eigenvalue weighted by atomic mass is 32.2. The van der Waals surface area contributed by atoms with E-state index in [1.165, 1.54) is 73.7 Å². The fourth-order valence-electron chi connectivity index (χ4n) is 12.7. The van der Waals surface area contributed by atoms with Crippen LogP contribution < -0.4 is 21.3 Å². The molecule has 0 bridgehead atoms. The fourth-order valence-corrected chi connectivity index (χ4v) is 18.2. The zero-order valence-electron chi connectivity index (χ0n) is 46.7. The molecule has 0 aromatic heterocycles. The normalized spacial score (nSPS) is 33.9. The van der Waals surface area contributed by atoms with Crippen LogP contribution in [0.4, 0.5) is 0 Å². The Kier molecular flexibility index (Phi) is 27.9. The third-order valence-electron chi connectivity index (χ3n) is 17.2. The summed E-state index contributed by atoms with van der Waals surface area (Å²) in [6, 6.07) is -0.0317. The van der Waals surface area contributed by atoms with E-state index in [1.807, 2.05) is 33.1 Å². The number of likely N-dealkylation sites (tertiary alicyclic amines) is 4. The monoisotopic (exact) mass is 1100 g/mol. The second kappa shape index (κ2) is 32.6. The summed E-state index contributed by atoms with van der Waals surface area (Å²) in [6.07, 6.45) is 18.9. The maximum Gasteiger partial charge on any atom is 0.240 e. The molecule has 18 heteroatoms. The largest absolute Gasteiger partial charge is 0.341 e. The first kappa shape index (κ1) is 62.6. The summed E-state index contributed by atoms with van der Waals surface area (Å²) in [5, 5.41) is 13.4. The number of carbonyl (C=O) groups is 4. The molecule has 0 aromatic carbocycles. The van der Waals surface area contributed by atoms with Crippen molar-refractivity contribution in [3.63, 3.8) is 0 Å². The molecular formula is C55H102N8O6S4. The van der Waals surface area contributed by atoms with Gasteiger partial charge in [-0.3, -0.25) is 19.2 Å². The molecule has 0 spiro atoms. The van der Waals surface area contributed by atoms with Gasteiger partial charge in [0.05, 0.1) is 35.7 Å². The van der Waals surface area contributed by atoms with Crippen LogP contribution in [0.2, 0.25) is 0 Å². The van der Waals surface area contributed by atoms with E-state index >= 15 is 0 Å². The van der Waals surface area contributed by atoms with Gasteiger partial charge in [0.2, 0.25) is 23.6 Å². The lowest BCUT2D eigenvalue weighted by atomic mass is 9.97. The first-order valence-electron chi connectivity index (χ1n) is 28.9. The van der Waals surface area contributed by atoms with Crippen LogP contribution in [-0.2, 0) is 29.0 Å². The maximum atomic E-state index is 12.5. The number of amides is 4. The topological polar surface area (TPSA) is 164 Å². The SMILES string of the molecule is CNC1C(=O)N(CC2CCCCS2)CCCC1C.CNC1C(=O)N(CC2CCCSC2)CCCC1C.CNC1C(=O)N(CC2CCS(=O)(=O)C2)CCCC1C.CNC1C(=O)N(CC2CCSCC2)CCCC1C. The Balaban J connectivity index is 0.000000181. The molecule has 11 unspecified atom stereocenters. The number of nitrogens with zero attached hydrogens (tertiary/aromatic N) is 4. The summed E-state index contributed by atoms with van der Waals surface area (Å²) >= 11 is 6.17. The summed E-state index contributed by atoms with van der Waals surface area (Å²) in [6.45, 7) is 15.9. The van der Waals surface area contributed by atoms with Gasteiger partial charge in [-0.05, 0) is 195 Å². The lowest BCUT2D eigenvalue weighted by Gasteiger charge is -2.31. The van der Waals surface area contributed by atoms with E-state index in [0.717, 1.165) is 109 Å². The Hall–Kier alpha value is -1.28. The summed E-state index contributed by atoms with van der Waals surface area (Å²) in [5.74, 6) is 11.4. The van der Waals surface area contributed by atoms with Crippen LogP contribution in [0.25, 0.3) is 0 Å². The van der Waals surface area contributed by atoms with Crippen LogP contribution >= 0.6 is 35.3 Å². The van der Waals surface area contributed by atoms with Crippen molar-refractivity contribution in [3.8, 4) is 0 Å². The third kappa shape index (κ3) is 19.8. The maximum absolute atomic E-state index is 12.5. The Bertz CT molecular complexity index is 1630. The van der Waals surface area contributed by atoms with Crippen molar-refractivity contribution in [2.24, 2.45) is 41.4 Å². The Labute approximate surface area is 456 Å². The van der Waals surface area contributed by atoms with Crippen molar-refractivity contribution in [1.82, 2.24) is 40.9 Å². The Morgan fingerprint density at radius 2 is 0.863 bits per heavy atom. The average molecular weight is 1100 g/mol. The summed E-state index contributed by atoms with van der Waals surface area (Å²) < 4.78 is 23.0. The molecule has 8 heterocycles. The second-order valence-electron chi connectivity index (χ2n) is 23.1. The third-order valence-corrected chi connectivity index (χ3v) is 22.8. The molecule has 422 valence electrons. The zero-order valence-corrected chi connectivity index (χ0v) is 50.0. The minimum absolute atomic E-state index is 0.0288. The van der Waals surface area contributed by atoms with Crippen LogP contribution in [0.1, 0.15) is 130 Å². The number of nitrogens with one attached hydrogen (secondary N) is 4. The number of hydrogen-bond acceptors (Lipinski definition) is 13. The van der Waals surface area contributed by atoms with Crippen molar-refractivity contribution in [3.05, 3.63) is 0 Å². The van der Waals surface area contributed by atoms with Gasteiger partial charge in [0.1, 0.15) is 0 Å². The molecule has 73 heavy (non-hydrogen) atoms. The van der Waals surface area contributed by atoms with E-state index in [0.29, 0.717) is 59.6 Å². The van der Waals surface area contributed by atoms with E-state index in [4.69, 9.17) is 0 Å². The average Bonchev–Trinajstić information content (AvgIpc) is 3.44. The predicted molar refractivity (Wildman–Crippen MR) is 308 cm³/mol. The second-order valence-corrected chi connectivity index (χ2v) is 29.1. The molecule has 0 aliphatic carbocycles. The van der Waals surface area contributed by atoms with Crippen LogP contribution in [0.15, 0.2) is 0 Å². The predicted octanol–water partition coefficient (Wildman–Crippen LogP) is 6.34. The van der Waals surface area contributed by atoms with Gasteiger partial charge < -0.3 is 40.9 Å². The van der Waals surface area contributed by atoms with E-state index in [1.54, 1.807) is 0 Å². The molecule has 8 fully saturated rings. The van der Waals surface area contributed by atoms with Crippen molar-refractivity contribution < 1.29 is 27.6 Å². The van der Waals surface area contributed by atoms with Gasteiger partial charge in [0.25, 0.3) is 0 Å². The first-order chi connectivity index (χ1) is 35.1. The lowest BCUT2D eigenvalue weighted by molar-refractivity contribution is -0.135. The molecule has 8 aliphatic heterocycles. The lowest BCUT2D eigenvalue weighted by Crippen LogP contribution is -2.48. The van der Waals surface area contributed by atoms with Crippen LogP contribution in [0.3, 0.4) is 0 Å². The van der Waals surface area contributed by atoms with Crippen molar-refractivity contribution in [2.75, 3.05) is 121 Å². The highest BCUT2D eigenvalue weighted by Gasteiger charge is 2.37. The summed E-state index contributed by atoms with van der Waals surface area (Å²) in [4.78, 5) is 58.2. The standard InChI is InChI=1S/3C14H26N2OS.C13H24N2O3S/c1-11-5-3-7-16(14(17)13(11)15-2)9-12-6-4-8-18-10-12;1-11-4-3-7-16(14(17)13(11)15-2)10-12-5-8-18-9-6-12;1-11-6-5-8-16(14(17)13(11)15-2)10-12-7-3-4-9-18-12;1-10-4-3-6-15(13(16)12(10)14-2)8-11-5-7-19(17,18)9-11/h3*11-13,15H,3-10H2,1-2H3;10-12,14H,3-9H2,1-2H3. The van der Waals surface area contributed by atoms with Gasteiger partial charge in [0, 0.05) is 57.6 Å². The van der Waals surface area contributed by atoms with Crippen molar-refractivity contribution >= 4 is 68.8 Å². The molecular weight excluding hydrogens is 997 g/mol. The van der Waals surface area contributed by atoms with E-state index in [2.05, 4.69) is 98.9 Å². The smallest absolute Gasteiger partial charge is 0.240 e.